The molecule has 0 unspecified atom stereocenters. The van der Waals surface area contributed by atoms with Gasteiger partial charge < -0.3 is 10.5 Å². The molecular formula is C16H17NO2. The van der Waals surface area contributed by atoms with Crippen molar-refractivity contribution < 1.29 is 9.53 Å². The molecule has 2 aromatic rings. The smallest absolute Gasteiger partial charge is 0.167 e. The summed E-state index contributed by atoms with van der Waals surface area (Å²) in [4.78, 5) is 12.2. The molecule has 3 heteroatoms. The Morgan fingerprint density at radius 2 is 1.84 bits per heavy atom. The highest BCUT2D eigenvalue weighted by molar-refractivity contribution is 5.98. The van der Waals surface area contributed by atoms with Crippen molar-refractivity contribution in [1.82, 2.24) is 0 Å². The van der Waals surface area contributed by atoms with E-state index in [0.717, 1.165) is 16.9 Å². The summed E-state index contributed by atoms with van der Waals surface area (Å²) >= 11 is 0. The van der Waals surface area contributed by atoms with Crippen molar-refractivity contribution in [3.63, 3.8) is 0 Å². The number of rotatable bonds is 4. The average molecular weight is 255 g/mol. The topological polar surface area (TPSA) is 52.3 Å². The van der Waals surface area contributed by atoms with E-state index in [4.69, 9.17) is 10.5 Å². The Morgan fingerprint density at radius 3 is 2.47 bits per heavy atom. The predicted molar refractivity (Wildman–Crippen MR) is 76.6 cm³/mol. The molecular weight excluding hydrogens is 238 g/mol. The number of anilines is 1. The summed E-state index contributed by atoms with van der Waals surface area (Å²) in [6.07, 6.45) is 0.328. The van der Waals surface area contributed by atoms with Crippen molar-refractivity contribution in [3.8, 4) is 5.75 Å². The van der Waals surface area contributed by atoms with E-state index in [1.165, 1.54) is 0 Å². The van der Waals surface area contributed by atoms with Gasteiger partial charge in [0, 0.05) is 23.2 Å². The summed E-state index contributed by atoms with van der Waals surface area (Å²) < 4.78 is 5.28. The molecule has 0 aliphatic carbocycles. The Hall–Kier alpha value is -2.29. The van der Waals surface area contributed by atoms with Crippen molar-refractivity contribution in [2.75, 3.05) is 12.8 Å². The maximum absolute atomic E-state index is 12.2. The molecule has 0 amide bonds. The van der Waals surface area contributed by atoms with Crippen LogP contribution in [0.15, 0.2) is 42.5 Å². The van der Waals surface area contributed by atoms with Crippen LogP contribution in [0.25, 0.3) is 0 Å². The van der Waals surface area contributed by atoms with Gasteiger partial charge in [-0.25, -0.2) is 0 Å². The number of aryl methyl sites for hydroxylation is 1. The lowest BCUT2D eigenvalue weighted by atomic mass is 10.0. The lowest BCUT2D eigenvalue weighted by Crippen LogP contribution is -2.05. The van der Waals surface area contributed by atoms with Gasteiger partial charge in [-0.15, -0.1) is 0 Å². The molecule has 0 aliphatic rings. The minimum Gasteiger partial charge on any atom is -0.496 e. The van der Waals surface area contributed by atoms with Crippen molar-refractivity contribution in [2.24, 2.45) is 0 Å². The molecule has 0 aromatic heterocycles. The Labute approximate surface area is 113 Å². The van der Waals surface area contributed by atoms with Gasteiger partial charge in [-0.1, -0.05) is 17.7 Å². The quantitative estimate of drug-likeness (QED) is 0.675. The summed E-state index contributed by atoms with van der Waals surface area (Å²) in [5.74, 6) is 0.804. The molecule has 0 saturated heterocycles. The molecule has 0 saturated carbocycles. The fourth-order valence-corrected chi connectivity index (χ4v) is 1.99. The van der Waals surface area contributed by atoms with Crippen LogP contribution in [-0.4, -0.2) is 12.9 Å². The second-order valence-corrected chi connectivity index (χ2v) is 4.54. The molecule has 0 fully saturated rings. The predicted octanol–water partition coefficient (Wildman–Crippen LogP) is 3.01. The Kier molecular flexibility index (Phi) is 3.85. The zero-order chi connectivity index (χ0) is 13.8. The summed E-state index contributed by atoms with van der Waals surface area (Å²) in [5, 5.41) is 0. The standard InChI is InChI=1S/C16H17NO2/c1-11-3-8-16(19-2)13(9-11)10-15(18)12-4-6-14(17)7-5-12/h3-9H,10,17H2,1-2H3. The second-order valence-electron chi connectivity index (χ2n) is 4.54. The summed E-state index contributed by atoms with van der Waals surface area (Å²) in [7, 11) is 1.61. The minimum absolute atomic E-state index is 0.0592. The number of ether oxygens (including phenoxy) is 1. The number of hydrogen-bond acceptors (Lipinski definition) is 3. The third kappa shape index (κ3) is 3.13. The van der Waals surface area contributed by atoms with Gasteiger partial charge in [-0.05, 0) is 37.3 Å². The molecule has 3 nitrogen and oxygen atoms in total. The molecule has 0 spiro atoms. The minimum atomic E-state index is 0.0592. The van der Waals surface area contributed by atoms with Crippen LogP contribution >= 0.6 is 0 Å². The third-order valence-electron chi connectivity index (χ3n) is 3.02. The van der Waals surface area contributed by atoms with E-state index < -0.39 is 0 Å². The average Bonchev–Trinajstić information content (AvgIpc) is 2.39. The van der Waals surface area contributed by atoms with E-state index in [1.807, 2.05) is 25.1 Å². The molecule has 98 valence electrons. The van der Waals surface area contributed by atoms with Gasteiger partial charge in [0.2, 0.25) is 0 Å². The van der Waals surface area contributed by atoms with E-state index >= 15 is 0 Å². The summed E-state index contributed by atoms with van der Waals surface area (Å²) in [5.41, 5.74) is 8.95. The molecule has 0 heterocycles. The van der Waals surface area contributed by atoms with Crippen molar-refractivity contribution in [1.29, 1.82) is 0 Å². The third-order valence-corrected chi connectivity index (χ3v) is 3.02. The molecule has 2 rings (SSSR count). The van der Waals surface area contributed by atoms with Crippen LogP contribution < -0.4 is 10.5 Å². The van der Waals surface area contributed by atoms with Gasteiger partial charge in [0.1, 0.15) is 5.75 Å². The van der Waals surface area contributed by atoms with Gasteiger partial charge in [0.25, 0.3) is 0 Å². The first kappa shape index (κ1) is 13.1. The van der Waals surface area contributed by atoms with Crippen LogP contribution in [0.2, 0.25) is 0 Å². The van der Waals surface area contributed by atoms with Gasteiger partial charge in [-0.2, -0.15) is 0 Å². The lowest BCUT2D eigenvalue weighted by Gasteiger charge is -2.09. The maximum Gasteiger partial charge on any atom is 0.167 e. The number of ketones is 1. The molecule has 2 aromatic carbocycles. The molecule has 0 aliphatic heterocycles. The van der Waals surface area contributed by atoms with Gasteiger partial charge >= 0.3 is 0 Å². The van der Waals surface area contributed by atoms with E-state index in [-0.39, 0.29) is 5.78 Å². The number of Topliss-reactive ketones (excluding diaryl/α,β-unsaturated/α-hetero) is 1. The summed E-state index contributed by atoms with van der Waals surface area (Å²) in [6.45, 7) is 2.00. The zero-order valence-corrected chi connectivity index (χ0v) is 11.1. The maximum atomic E-state index is 12.2. The van der Waals surface area contributed by atoms with Crippen LogP contribution in [-0.2, 0) is 6.42 Å². The fourth-order valence-electron chi connectivity index (χ4n) is 1.99. The molecule has 0 bridgehead atoms. The highest BCUT2D eigenvalue weighted by atomic mass is 16.5. The monoisotopic (exact) mass is 255 g/mol. The SMILES string of the molecule is COc1ccc(C)cc1CC(=O)c1ccc(N)cc1. The Balaban J connectivity index is 2.23. The van der Waals surface area contributed by atoms with Crippen molar-refractivity contribution in [2.45, 2.75) is 13.3 Å². The number of methoxy groups -OCH3 is 1. The van der Waals surface area contributed by atoms with E-state index in [0.29, 0.717) is 17.7 Å². The van der Waals surface area contributed by atoms with Crippen LogP contribution in [0, 0.1) is 6.92 Å². The van der Waals surface area contributed by atoms with Crippen LogP contribution in [0.4, 0.5) is 5.69 Å². The van der Waals surface area contributed by atoms with Crippen LogP contribution in [0.5, 0.6) is 5.75 Å². The van der Waals surface area contributed by atoms with Crippen LogP contribution in [0.1, 0.15) is 21.5 Å². The first-order chi connectivity index (χ1) is 9.10. The van der Waals surface area contributed by atoms with Crippen molar-refractivity contribution >= 4 is 11.5 Å². The number of carbonyl (C=O) groups is 1. The molecule has 2 N–H and O–H groups in total. The molecule has 19 heavy (non-hydrogen) atoms. The normalized spacial score (nSPS) is 10.2. The molecule has 0 atom stereocenters. The number of benzene rings is 2. The Morgan fingerprint density at radius 1 is 1.16 bits per heavy atom. The van der Waals surface area contributed by atoms with Crippen LogP contribution in [0.3, 0.4) is 0 Å². The highest BCUT2D eigenvalue weighted by Crippen LogP contribution is 2.21. The van der Waals surface area contributed by atoms with Gasteiger partial charge in [0.15, 0.2) is 5.78 Å². The largest absolute Gasteiger partial charge is 0.496 e. The van der Waals surface area contributed by atoms with Crippen molar-refractivity contribution in [3.05, 3.63) is 59.2 Å². The number of carbonyl (C=O) groups excluding carboxylic acids is 1. The molecule has 0 radical (unpaired) electrons. The van der Waals surface area contributed by atoms with Gasteiger partial charge in [0.05, 0.1) is 7.11 Å². The van der Waals surface area contributed by atoms with E-state index in [1.54, 1.807) is 31.4 Å². The first-order valence-electron chi connectivity index (χ1n) is 6.12. The van der Waals surface area contributed by atoms with E-state index in [9.17, 15) is 4.79 Å². The van der Waals surface area contributed by atoms with Gasteiger partial charge in [-0.3, -0.25) is 4.79 Å². The second kappa shape index (κ2) is 5.57. The first-order valence-corrected chi connectivity index (χ1v) is 6.12. The lowest BCUT2D eigenvalue weighted by molar-refractivity contribution is 0.0992. The zero-order valence-electron chi connectivity index (χ0n) is 11.1. The number of nitrogen functional groups attached to an aromatic ring is 1. The Bertz CT molecular complexity index is 588. The highest BCUT2D eigenvalue weighted by Gasteiger charge is 2.11. The van der Waals surface area contributed by atoms with E-state index in [2.05, 4.69) is 0 Å². The summed E-state index contributed by atoms with van der Waals surface area (Å²) in [6, 6.07) is 12.8. The fraction of sp³-hybridized carbons (Fsp3) is 0.188. The number of nitrogens with two attached hydrogens (primary N) is 1. The number of hydrogen-bond donors (Lipinski definition) is 1.